The molecule has 0 spiro atoms. The van der Waals surface area contributed by atoms with Crippen LogP contribution < -0.4 is 5.32 Å². The van der Waals surface area contributed by atoms with Crippen molar-refractivity contribution in [1.82, 2.24) is 5.32 Å². The van der Waals surface area contributed by atoms with E-state index in [0.29, 0.717) is 5.75 Å². The normalized spacial score (nSPS) is 12.6. The second kappa shape index (κ2) is 9.34. The zero-order chi connectivity index (χ0) is 14.1. The number of unbranched alkanes of at least 4 members (excludes halogenated alkanes) is 3. The maximum Gasteiger partial charge on any atom is 0.120 e. The number of aliphatic hydroxyl groups excluding tert-OH is 1. The Bertz CT molecular complexity index is 371. The lowest BCUT2D eigenvalue weighted by Gasteiger charge is -2.19. The zero-order valence-electron chi connectivity index (χ0n) is 11.5. The van der Waals surface area contributed by atoms with Crippen molar-refractivity contribution in [1.29, 1.82) is 0 Å². The van der Waals surface area contributed by atoms with E-state index in [-0.39, 0.29) is 12.6 Å². The van der Waals surface area contributed by atoms with Gasteiger partial charge in [0.05, 0.1) is 0 Å². The molecule has 0 fully saturated rings. The van der Waals surface area contributed by atoms with Crippen LogP contribution in [0.4, 0.5) is 0 Å². The van der Waals surface area contributed by atoms with Crippen molar-refractivity contribution in [2.75, 3.05) is 13.2 Å². The van der Waals surface area contributed by atoms with E-state index in [0.717, 1.165) is 48.7 Å². The van der Waals surface area contributed by atoms with Gasteiger partial charge in [0.2, 0.25) is 0 Å². The highest BCUT2D eigenvalue weighted by Crippen LogP contribution is 2.29. The summed E-state index contributed by atoms with van der Waals surface area (Å²) in [5, 5.41) is 22.1. The SMILES string of the molecule is CCC(NCCCCCCO)c1cc(Br)ccc1O. The summed E-state index contributed by atoms with van der Waals surface area (Å²) in [7, 11) is 0. The monoisotopic (exact) mass is 329 g/mol. The van der Waals surface area contributed by atoms with Gasteiger partial charge in [-0.2, -0.15) is 0 Å². The summed E-state index contributed by atoms with van der Waals surface area (Å²) in [4.78, 5) is 0. The largest absolute Gasteiger partial charge is 0.508 e. The molecule has 3 nitrogen and oxygen atoms in total. The molecule has 4 heteroatoms. The Labute approximate surface area is 124 Å². The highest BCUT2D eigenvalue weighted by atomic mass is 79.9. The second-order valence-corrected chi connectivity index (χ2v) is 5.67. The van der Waals surface area contributed by atoms with E-state index in [1.165, 1.54) is 0 Å². The third kappa shape index (κ3) is 5.93. The van der Waals surface area contributed by atoms with Crippen LogP contribution in [0, 0.1) is 0 Å². The van der Waals surface area contributed by atoms with Crippen LogP contribution in [0.3, 0.4) is 0 Å². The molecular formula is C15H24BrNO2. The lowest BCUT2D eigenvalue weighted by atomic mass is 10.0. The summed E-state index contributed by atoms with van der Waals surface area (Å²) in [5.41, 5.74) is 0.951. The van der Waals surface area contributed by atoms with Crippen molar-refractivity contribution in [3.8, 4) is 5.75 Å². The summed E-state index contributed by atoms with van der Waals surface area (Å²) in [6, 6.07) is 5.74. The summed E-state index contributed by atoms with van der Waals surface area (Å²) in [5.74, 6) is 0.350. The number of phenols is 1. The van der Waals surface area contributed by atoms with Crippen LogP contribution in [0.25, 0.3) is 0 Å². The molecule has 0 saturated carbocycles. The molecule has 3 N–H and O–H groups in total. The number of hydrogen-bond acceptors (Lipinski definition) is 3. The molecule has 0 amide bonds. The molecule has 1 aromatic carbocycles. The van der Waals surface area contributed by atoms with Crippen LogP contribution in [0.15, 0.2) is 22.7 Å². The van der Waals surface area contributed by atoms with E-state index in [1.807, 2.05) is 12.1 Å². The number of aliphatic hydroxyl groups is 1. The fourth-order valence-corrected chi connectivity index (χ4v) is 2.52. The Hall–Kier alpha value is -0.580. The van der Waals surface area contributed by atoms with Crippen LogP contribution in [0.1, 0.15) is 50.6 Å². The highest BCUT2D eigenvalue weighted by Gasteiger charge is 2.13. The van der Waals surface area contributed by atoms with Crippen LogP contribution in [-0.4, -0.2) is 23.4 Å². The van der Waals surface area contributed by atoms with Gasteiger partial charge in [0.1, 0.15) is 5.75 Å². The minimum absolute atomic E-state index is 0.190. The second-order valence-electron chi connectivity index (χ2n) is 4.76. The summed E-state index contributed by atoms with van der Waals surface area (Å²) in [6.45, 7) is 3.34. The predicted octanol–water partition coefficient (Wildman–Crippen LogP) is 3.75. The third-order valence-electron chi connectivity index (χ3n) is 3.25. The molecule has 19 heavy (non-hydrogen) atoms. The lowest BCUT2D eigenvalue weighted by Crippen LogP contribution is -2.22. The number of halogens is 1. The number of nitrogens with one attached hydrogen (secondary N) is 1. The van der Waals surface area contributed by atoms with E-state index in [1.54, 1.807) is 6.07 Å². The Kier molecular flexibility index (Phi) is 8.10. The molecule has 1 rings (SSSR count). The van der Waals surface area contributed by atoms with E-state index >= 15 is 0 Å². The summed E-state index contributed by atoms with van der Waals surface area (Å²) >= 11 is 3.44. The molecule has 0 saturated heterocycles. The Morgan fingerprint density at radius 2 is 1.95 bits per heavy atom. The first-order valence-corrected chi connectivity index (χ1v) is 7.81. The van der Waals surface area contributed by atoms with Gasteiger partial charge in [0, 0.05) is 22.7 Å². The summed E-state index contributed by atoms with van der Waals surface area (Å²) in [6.07, 6.45) is 5.15. The summed E-state index contributed by atoms with van der Waals surface area (Å²) < 4.78 is 0.989. The Balaban J connectivity index is 2.42. The van der Waals surface area contributed by atoms with Crippen LogP contribution in [0.5, 0.6) is 5.75 Å². The van der Waals surface area contributed by atoms with Crippen molar-refractivity contribution in [2.24, 2.45) is 0 Å². The van der Waals surface area contributed by atoms with Crippen molar-refractivity contribution in [3.05, 3.63) is 28.2 Å². The zero-order valence-corrected chi connectivity index (χ0v) is 13.1. The fourth-order valence-electron chi connectivity index (χ4n) is 2.15. The van der Waals surface area contributed by atoms with E-state index in [9.17, 15) is 5.11 Å². The van der Waals surface area contributed by atoms with Gasteiger partial charge in [0.15, 0.2) is 0 Å². The molecular weight excluding hydrogens is 306 g/mol. The topological polar surface area (TPSA) is 52.5 Å². The molecule has 108 valence electrons. The molecule has 0 bridgehead atoms. The van der Waals surface area contributed by atoms with E-state index < -0.39 is 0 Å². The van der Waals surface area contributed by atoms with Crippen molar-refractivity contribution in [2.45, 2.75) is 45.1 Å². The minimum Gasteiger partial charge on any atom is -0.508 e. The number of benzene rings is 1. The van der Waals surface area contributed by atoms with Gasteiger partial charge in [-0.1, -0.05) is 35.7 Å². The van der Waals surface area contributed by atoms with Crippen LogP contribution in [-0.2, 0) is 0 Å². The first-order chi connectivity index (χ1) is 9.19. The molecule has 0 radical (unpaired) electrons. The number of rotatable bonds is 9. The van der Waals surface area contributed by atoms with Crippen LogP contribution >= 0.6 is 15.9 Å². The van der Waals surface area contributed by atoms with E-state index in [2.05, 4.69) is 28.2 Å². The molecule has 0 aliphatic rings. The maximum atomic E-state index is 9.92. The van der Waals surface area contributed by atoms with Crippen molar-refractivity contribution >= 4 is 15.9 Å². The van der Waals surface area contributed by atoms with Crippen LogP contribution in [0.2, 0.25) is 0 Å². The quantitative estimate of drug-likeness (QED) is 0.605. The van der Waals surface area contributed by atoms with Crippen molar-refractivity contribution < 1.29 is 10.2 Å². The fraction of sp³-hybridized carbons (Fsp3) is 0.600. The van der Waals surface area contributed by atoms with Gasteiger partial charge >= 0.3 is 0 Å². The maximum absolute atomic E-state index is 9.92. The first kappa shape index (κ1) is 16.5. The number of hydrogen-bond donors (Lipinski definition) is 3. The highest BCUT2D eigenvalue weighted by molar-refractivity contribution is 9.10. The average Bonchev–Trinajstić information content (AvgIpc) is 2.41. The van der Waals surface area contributed by atoms with Gasteiger partial charge in [-0.3, -0.25) is 0 Å². The number of aromatic hydroxyl groups is 1. The Morgan fingerprint density at radius 1 is 1.21 bits per heavy atom. The smallest absolute Gasteiger partial charge is 0.120 e. The van der Waals surface area contributed by atoms with E-state index in [4.69, 9.17) is 5.11 Å². The van der Waals surface area contributed by atoms with Gasteiger partial charge in [0.25, 0.3) is 0 Å². The molecule has 0 heterocycles. The predicted molar refractivity (Wildman–Crippen MR) is 82.4 cm³/mol. The average molecular weight is 330 g/mol. The molecule has 0 aliphatic carbocycles. The molecule has 1 atom stereocenters. The standard InChI is InChI=1S/C15H24BrNO2/c1-2-14(17-9-5-3-4-6-10-18)13-11-12(16)7-8-15(13)19/h7-8,11,14,17-19H,2-6,9-10H2,1H3. The van der Waals surface area contributed by atoms with Gasteiger partial charge < -0.3 is 15.5 Å². The molecule has 1 aromatic rings. The van der Waals surface area contributed by atoms with Gasteiger partial charge in [-0.15, -0.1) is 0 Å². The number of phenolic OH excluding ortho intramolecular Hbond substituents is 1. The first-order valence-electron chi connectivity index (χ1n) is 7.01. The molecule has 0 aliphatic heterocycles. The third-order valence-corrected chi connectivity index (χ3v) is 3.74. The Morgan fingerprint density at radius 3 is 2.63 bits per heavy atom. The minimum atomic E-state index is 0.190. The molecule has 0 aromatic heterocycles. The van der Waals surface area contributed by atoms with Gasteiger partial charge in [-0.25, -0.2) is 0 Å². The van der Waals surface area contributed by atoms with Gasteiger partial charge in [-0.05, 0) is 44.0 Å². The molecule has 1 unspecified atom stereocenters. The lowest BCUT2D eigenvalue weighted by molar-refractivity contribution is 0.282. The van der Waals surface area contributed by atoms with Crippen molar-refractivity contribution in [3.63, 3.8) is 0 Å².